The summed E-state index contributed by atoms with van der Waals surface area (Å²) < 4.78 is 0. The maximum atomic E-state index is 12.3. The van der Waals surface area contributed by atoms with Crippen LogP contribution in [-0.2, 0) is 0 Å². The zero-order chi connectivity index (χ0) is 17.0. The molecule has 0 bridgehead atoms. The molecule has 0 saturated heterocycles. The molecule has 0 saturated carbocycles. The molecule has 3 amide bonds. The molecule has 2 N–H and O–H groups in total. The van der Waals surface area contributed by atoms with E-state index in [0.717, 1.165) is 6.42 Å². The lowest BCUT2D eigenvalue weighted by Gasteiger charge is -2.24. The van der Waals surface area contributed by atoms with Crippen molar-refractivity contribution >= 4 is 29.2 Å². The molecule has 1 aliphatic rings. The van der Waals surface area contributed by atoms with Crippen molar-refractivity contribution in [1.29, 1.82) is 0 Å². The molecule has 0 fully saturated rings. The molecular formula is C17H22ClN3O2. The molecule has 0 aromatic heterocycles. The van der Waals surface area contributed by atoms with Crippen LogP contribution in [0.5, 0.6) is 0 Å². The van der Waals surface area contributed by atoms with Crippen molar-refractivity contribution < 1.29 is 9.59 Å². The van der Waals surface area contributed by atoms with Gasteiger partial charge in [0.2, 0.25) is 0 Å². The van der Waals surface area contributed by atoms with E-state index in [-0.39, 0.29) is 24.0 Å². The topological polar surface area (TPSA) is 61.4 Å². The van der Waals surface area contributed by atoms with E-state index >= 15 is 0 Å². The fraction of sp³-hybridized carbons (Fsp3) is 0.412. The van der Waals surface area contributed by atoms with Gasteiger partial charge in [-0.2, -0.15) is 0 Å². The number of rotatable bonds is 4. The van der Waals surface area contributed by atoms with Gasteiger partial charge in [-0.25, -0.2) is 4.79 Å². The summed E-state index contributed by atoms with van der Waals surface area (Å²) in [4.78, 5) is 26.1. The van der Waals surface area contributed by atoms with Gasteiger partial charge in [-0.05, 0) is 38.5 Å². The number of hydrogen-bond acceptors (Lipinski definition) is 2. The second kappa shape index (κ2) is 7.51. The Morgan fingerprint density at radius 2 is 2.13 bits per heavy atom. The second-order valence-electron chi connectivity index (χ2n) is 5.81. The van der Waals surface area contributed by atoms with Crippen molar-refractivity contribution in [3.8, 4) is 0 Å². The predicted octanol–water partition coefficient (Wildman–Crippen LogP) is 3.66. The Morgan fingerprint density at radius 1 is 1.39 bits per heavy atom. The third-order valence-corrected chi connectivity index (χ3v) is 3.94. The monoisotopic (exact) mass is 335 g/mol. The minimum absolute atomic E-state index is 0.0339. The second-order valence-corrected chi connectivity index (χ2v) is 6.22. The number of hydrogen-bond donors (Lipinski definition) is 2. The lowest BCUT2D eigenvalue weighted by Crippen LogP contribution is -2.38. The molecule has 1 aromatic rings. The predicted molar refractivity (Wildman–Crippen MR) is 93.0 cm³/mol. The van der Waals surface area contributed by atoms with Crippen LogP contribution >= 0.6 is 11.6 Å². The molecule has 1 aromatic carbocycles. The first kappa shape index (κ1) is 17.3. The molecule has 2 rings (SSSR count). The number of nitrogens with one attached hydrogen (secondary N) is 2. The molecule has 1 heterocycles. The van der Waals surface area contributed by atoms with Crippen molar-refractivity contribution in [2.75, 3.05) is 11.9 Å². The average Bonchev–Trinajstić information content (AvgIpc) is 2.95. The first-order chi connectivity index (χ1) is 10.9. The Balaban J connectivity index is 2.06. The molecule has 0 spiro atoms. The van der Waals surface area contributed by atoms with Crippen molar-refractivity contribution in [2.45, 2.75) is 39.3 Å². The van der Waals surface area contributed by atoms with Crippen LogP contribution < -0.4 is 10.6 Å². The fourth-order valence-corrected chi connectivity index (χ4v) is 2.74. The third-order valence-electron chi connectivity index (χ3n) is 3.62. The summed E-state index contributed by atoms with van der Waals surface area (Å²) in [6.07, 6.45) is 4.89. The Labute approximate surface area is 141 Å². The van der Waals surface area contributed by atoms with Gasteiger partial charge in [0.05, 0.1) is 16.6 Å². The summed E-state index contributed by atoms with van der Waals surface area (Å²) in [6, 6.07) is 4.89. The van der Waals surface area contributed by atoms with Crippen LogP contribution in [0.25, 0.3) is 0 Å². The van der Waals surface area contributed by atoms with Gasteiger partial charge in [0.25, 0.3) is 5.91 Å². The number of anilines is 1. The number of halogens is 1. The summed E-state index contributed by atoms with van der Waals surface area (Å²) >= 11 is 6.17. The minimum atomic E-state index is -0.224. The van der Waals surface area contributed by atoms with E-state index in [9.17, 15) is 9.59 Å². The largest absolute Gasteiger partial charge is 0.350 e. The molecule has 1 atom stereocenters. The highest BCUT2D eigenvalue weighted by Crippen LogP contribution is 2.22. The number of carbonyl (C=O) groups excluding carboxylic acids is 2. The van der Waals surface area contributed by atoms with Crippen LogP contribution in [0.1, 0.15) is 37.6 Å². The van der Waals surface area contributed by atoms with Gasteiger partial charge in [-0.3, -0.25) is 4.79 Å². The zero-order valence-electron chi connectivity index (χ0n) is 13.6. The lowest BCUT2D eigenvalue weighted by atomic mass is 10.2. The minimum Gasteiger partial charge on any atom is -0.350 e. The normalized spacial score (nSPS) is 16.7. The number of carbonyl (C=O) groups is 2. The number of benzene rings is 1. The van der Waals surface area contributed by atoms with Gasteiger partial charge in [-0.1, -0.05) is 30.7 Å². The zero-order valence-corrected chi connectivity index (χ0v) is 14.4. The molecule has 23 heavy (non-hydrogen) atoms. The number of urea groups is 1. The SMILES string of the molecule is CC[C@@H]1C=CCN1C(=O)Nc1ccc(C(=O)NC(C)C)c(Cl)c1. The molecular weight excluding hydrogens is 314 g/mol. The molecule has 0 aliphatic carbocycles. The fourth-order valence-electron chi connectivity index (χ4n) is 2.47. The van der Waals surface area contributed by atoms with Gasteiger partial charge in [0.1, 0.15) is 0 Å². The maximum absolute atomic E-state index is 12.3. The van der Waals surface area contributed by atoms with Crippen molar-refractivity contribution in [3.63, 3.8) is 0 Å². The van der Waals surface area contributed by atoms with Gasteiger partial charge >= 0.3 is 6.03 Å². The molecule has 0 radical (unpaired) electrons. The van der Waals surface area contributed by atoms with Crippen LogP contribution in [0.15, 0.2) is 30.4 Å². The van der Waals surface area contributed by atoms with Crippen LogP contribution in [0, 0.1) is 0 Å². The van der Waals surface area contributed by atoms with E-state index in [1.165, 1.54) is 0 Å². The van der Waals surface area contributed by atoms with Crippen molar-refractivity contribution in [2.24, 2.45) is 0 Å². The smallest absolute Gasteiger partial charge is 0.322 e. The molecule has 0 unspecified atom stereocenters. The third kappa shape index (κ3) is 4.26. The van der Waals surface area contributed by atoms with Crippen LogP contribution in [0.3, 0.4) is 0 Å². The van der Waals surface area contributed by atoms with Gasteiger partial charge < -0.3 is 15.5 Å². The maximum Gasteiger partial charge on any atom is 0.322 e. The molecule has 6 heteroatoms. The van der Waals surface area contributed by atoms with Gasteiger partial charge in [-0.15, -0.1) is 0 Å². The van der Waals surface area contributed by atoms with Crippen LogP contribution in [-0.4, -0.2) is 35.5 Å². The number of amides is 3. The average molecular weight is 336 g/mol. The van der Waals surface area contributed by atoms with E-state index in [2.05, 4.69) is 10.6 Å². The van der Waals surface area contributed by atoms with E-state index in [4.69, 9.17) is 11.6 Å². The standard InChI is InChI=1S/C17H22ClN3O2/c1-4-13-6-5-9-21(13)17(23)20-12-7-8-14(15(18)10-12)16(22)19-11(2)3/h5-8,10-11,13H,4,9H2,1-3H3,(H,19,22)(H,20,23)/t13-/m1/s1. The van der Waals surface area contributed by atoms with E-state index in [1.807, 2.05) is 32.9 Å². The van der Waals surface area contributed by atoms with Crippen molar-refractivity contribution in [3.05, 3.63) is 40.9 Å². The summed E-state index contributed by atoms with van der Waals surface area (Å²) in [5, 5.41) is 5.93. The Morgan fingerprint density at radius 3 is 2.74 bits per heavy atom. The summed E-state index contributed by atoms with van der Waals surface area (Å²) in [7, 11) is 0. The quantitative estimate of drug-likeness (QED) is 0.825. The van der Waals surface area contributed by atoms with Crippen LogP contribution in [0.2, 0.25) is 5.02 Å². The van der Waals surface area contributed by atoms with Crippen LogP contribution in [0.4, 0.5) is 10.5 Å². The summed E-state index contributed by atoms with van der Waals surface area (Å²) in [5.74, 6) is -0.224. The Bertz CT molecular complexity index is 628. The highest BCUT2D eigenvalue weighted by molar-refractivity contribution is 6.34. The first-order valence-corrected chi connectivity index (χ1v) is 8.14. The summed E-state index contributed by atoms with van der Waals surface area (Å²) in [5.41, 5.74) is 0.968. The molecule has 1 aliphatic heterocycles. The lowest BCUT2D eigenvalue weighted by molar-refractivity contribution is 0.0943. The Hall–Kier alpha value is -2.01. The van der Waals surface area contributed by atoms with Crippen molar-refractivity contribution in [1.82, 2.24) is 10.2 Å². The molecule has 5 nitrogen and oxygen atoms in total. The highest BCUT2D eigenvalue weighted by atomic mass is 35.5. The van der Waals surface area contributed by atoms with Gasteiger partial charge in [0.15, 0.2) is 0 Å². The van der Waals surface area contributed by atoms with E-state index in [0.29, 0.717) is 22.8 Å². The van der Waals surface area contributed by atoms with Gasteiger partial charge in [0, 0.05) is 18.3 Å². The summed E-state index contributed by atoms with van der Waals surface area (Å²) in [6.45, 7) is 6.41. The number of nitrogens with zero attached hydrogens (tertiary/aromatic N) is 1. The van der Waals surface area contributed by atoms with E-state index in [1.54, 1.807) is 23.1 Å². The highest BCUT2D eigenvalue weighted by Gasteiger charge is 2.23. The van der Waals surface area contributed by atoms with E-state index < -0.39 is 0 Å². The first-order valence-electron chi connectivity index (χ1n) is 7.77. The molecule has 124 valence electrons. The Kier molecular flexibility index (Phi) is 5.66.